The molecule has 0 amide bonds. The summed E-state index contributed by atoms with van der Waals surface area (Å²) < 4.78 is 2.16. The van der Waals surface area contributed by atoms with Crippen molar-refractivity contribution in [2.24, 2.45) is 4.99 Å². The zero-order valence-corrected chi connectivity index (χ0v) is 15.8. The Hall–Kier alpha value is -3.08. The molecule has 5 nitrogen and oxygen atoms in total. The summed E-state index contributed by atoms with van der Waals surface area (Å²) >= 11 is 0. The Balaban J connectivity index is 1.44. The molecule has 2 N–H and O–H groups in total. The van der Waals surface area contributed by atoms with E-state index in [-0.39, 0.29) is 0 Å². The molecule has 0 aliphatic heterocycles. The van der Waals surface area contributed by atoms with Gasteiger partial charge in [-0.2, -0.15) is 0 Å². The SMILES string of the molecule is CN=C(NCCCc1ccccc1)NCc1nccn1Cc1ccccc1. The van der Waals surface area contributed by atoms with E-state index in [1.165, 1.54) is 11.1 Å². The van der Waals surface area contributed by atoms with Gasteiger partial charge in [0.05, 0.1) is 6.54 Å². The van der Waals surface area contributed by atoms with Crippen LogP contribution in [0.25, 0.3) is 0 Å². The third-order valence-electron chi connectivity index (χ3n) is 4.41. The van der Waals surface area contributed by atoms with Gasteiger partial charge in [-0.3, -0.25) is 4.99 Å². The van der Waals surface area contributed by atoms with E-state index >= 15 is 0 Å². The first-order valence-electron chi connectivity index (χ1n) is 9.37. The summed E-state index contributed by atoms with van der Waals surface area (Å²) in [5.74, 6) is 1.79. The van der Waals surface area contributed by atoms with Gasteiger partial charge in [0, 0.05) is 32.5 Å². The summed E-state index contributed by atoms with van der Waals surface area (Å²) in [6.45, 7) is 2.34. The van der Waals surface area contributed by atoms with Gasteiger partial charge >= 0.3 is 0 Å². The molecule has 2 aromatic carbocycles. The summed E-state index contributed by atoms with van der Waals surface area (Å²) in [4.78, 5) is 8.78. The summed E-state index contributed by atoms with van der Waals surface area (Å²) in [6.07, 6.45) is 5.98. The molecular formula is C22H27N5. The maximum absolute atomic E-state index is 4.47. The molecule has 0 atom stereocenters. The smallest absolute Gasteiger partial charge is 0.191 e. The lowest BCUT2D eigenvalue weighted by Gasteiger charge is -2.13. The molecule has 0 bridgehead atoms. The normalized spacial score (nSPS) is 11.4. The number of hydrogen-bond donors (Lipinski definition) is 2. The van der Waals surface area contributed by atoms with Crippen molar-refractivity contribution in [3.8, 4) is 0 Å². The second-order valence-corrected chi connectivity index (χ2v) is 6.40. The van der Waals surface area contributed by atoms with Gasteiger partial charge < -0.3 is 15.2 Å². The van der Waals surface area contributed by atoms with Crippen molar-refractivity contribution in [3.05, 3.63) is 90.0 Å². The fraction of sp³-hybridized carbons (Fsp3) is 0.273. The molecule has 0 radical (unpaired) electrons. The highest BCUT2D eigenvalue weighted by atomic mass is 15.2. The zero-order valence-electron chi connectivity index (χ0n) is 15.8. The fourth-order valence-corrected chi connectivity index (χ4v) is 2.96. The molecule has 1 aromatic heterocycles. The molecule has 0 saturated heterocycles. The van der Waals surface area contributed by atoms with Crippen LogP contribution in [0.3, 0.4) is 0 Å². The van der Waals surface area contributed by atoms with Crippen LogP contribution in [0.2, 0.25) is 0 Å². The minimum Gasteiger partial charge on any atom is -0.356 e. The third kappa shape index (κ3) is 5.99. The Morgan fingerprint density at radius 1 is 0.963 bits per heavy atom. The Kier molecular flexibility index (Phi) is 7.04. The fourth-order valence-electron chi connectivity index (χ4n) is 2.96. The first kappa shape index (κ1) is 18.7. The number of rotatable bonds is 8. The lowest BCUT2D eigenvalue weighted by atomic mass is 10.1. The largest absolute Gasteiger partial charge is 0.356 e. The molecule has 0 unspecified atom stereocenters. The number of aryl methyl sites for hydroxylation is 1. The lowest BCUT2D eigenvalue weighted by molar-refractivity contribution is 0.682. The molecule has 5 heteroatoms. The highest BCUT2D eigenvalue weighted by molar-refractivity contribution is 5.79. The quantitative estimate of drug-likeness (QED) is 0.368. The monoisotopic (exact) mass is 361 g/mol. The number of guanidine groups is 1. The van der Waals surface area contributed by atoms with Crippen LogP contribution < -0.4 is 10.6 Å². The Morgan fingerprint density at radius 2 is 1.67 bits per heavy atom. The van der Waals surface area contributed by atoms with Crippen molar-refractivity contribution in [3.63, 3.8) is 0 Å². The van der Waals surface area contributed by atoms with Crippen LogP contribution >= 0.6 is 0 Å². The van der Waals surface area contributed by atoms with Crippen LogP contribution in [-0.2, 0) is 19.5 Å². The van der Waals surface area contributed by atoms with Gasteiger partial charge in [0.15, 0.2) is 5.96 Å². The maximum atomic E-state index is 4.47. The van der Waals surface area contributed by atoms with E-state index in [0.717, 1.165) is 37.7 Å². The molecule has 27 heavy (non-hydrogen) atoms. The Labute approximate surface area is 161 Å². The van der Waals surface area contributed by atoms with E-state index < -0.39 is 0 Å². The van der Waals surface area contributed by atoms with Crippen LogP contribution in [0, 0.1) is 0 Å². The van der Waals surface area contributed by atoms with Gasteiger partial charge in [0.1, 0.15) is 5.82 Å². The number of benzene rings is 2. The minimum atomic E-state index is 0.637. The van der Waals surface area contributed by atoms with E-state index in [1.807, 2.05) is 18.5 Å². The van der Waals surface area contributed by atoms with Crippen molar-refractivity contribution in [2.75, 3.05) is 13.6 Å². The highest BCUT2D eigenvalue weighted by Crippen LogP contribution is 2.05. The molecule has 0 saturated carbocycles. The Bertz CT molecular complexity index is 824. The predicted octanol–water partition coefficient (Wildman–Crippen LogP) is 3.23. The van der Waals surface area contributed by atoms with Crippen molar-refractivity contribution in [1.29, 1.82) is 0 Å². The summed E-state index contributed by atoms with van der Waals surface area (Å²) in [6, 6.07) is 21.0. The standard InChI is InChI=1S/C22H27N5/c1-23-22(25-14-8-13-19-9-4-2-5-10-19)26-17-21-24-15-16-27(21)18-20-11-6-3-7-12-20/h2-7,9-12,15-16H,8,13-14,17-18H2,1H3,(H2,23,25,26). The number of aromatic nitrogens is 2. The maximum Gasteiger partial charge on any atom is 0.191 e. The van der Waals surface area contributed by atoms with Crippen molar-refractivity contribution < 1.29 is 0 Å². The van der Waals surface area contributed by atoms with E-state index in [2.05, 4.69) is 79.8 Å². The van der Waals surface area contributed by atoms with E-state index in [9.17, 15) is 0 Å². The van der Waals surface area contributed by atoms with Crippen LogP contribution in [0.5, 0.6) is 0 Å². The van der Waals surface area contributed by atoms with Gasteiger partial charge in [0.2, 0.25) is 0 Å². The molecule has 0 spiro atoms. The summed E-state index contributed by atoms with van der Waals surface area (Å²) in [5.41, 5.74) is 2.63. The van der Waals surface area contributed by atoms with Crippen LogP contribution in [0.15, 0.2) is 78.0 Å². The van der Waals surface area contributed by atoms with Crippen molar-refractivity contribution in [2.45, 2.75) is 25.9 Å². The number of hydrogen-bond acceptors (Lipinski definition) is 2. The molecule has 0 aliphatic rings. The summed E-state index contributed by atoms with van der Waals surface area (Å²) in [5, 5.41) is 6.73. The predicted molar refractivity (Wildman–Crippen MR) is 111 cm³/mol. The van der Waals surface area contributed by atoms with Gasteiger partial charge in [-0.05, 0) is 24.0 Å². The summed E-state index contributed by atoms with van der Waals surface area (Å²) in [7, 11) is 1.79. The molecule has 140 valence electrons. The first-order chi connectivity index (χ1) is 13.3. The number of aliphatic imine (C=N–C) groups is 1. The van der Waals surface area contributed by atoms with Gasteiger partial charge in [-0.25, -0.2) is 4.98 Å². The molecule has 3 rings (SSSR count). The highest BCUT2D eigenvalue weighted by Gasteiger charge is 2.05. The average molecular weight is 361 g/mol. The molecular weight excluding hydrogens is 334 g/mol. The molecule has 3 aromatic rings. The minimum absolute atomic E-state index is 0.637. The van der Waals surface area contributed by atoms with E-state index in [1.54, 1.807) is 7.05 Å². The van der Waals surface area contributed by atoms with Gasteiger partial charge in [0.25, 0.3) is 0 Å². The van der Waals surface area contributed by atoms with Crippen LogP contribution in [0.1, 0.15) is 23.4 Å². The first-order valence-corrected chi connectivity index (χ1v) is 9.37. The average Bonchev–Trinajstić information content (AvgIpc) is 3.16. The van der Waals surface area contributed by atoms with Gasteiger partial charge in [-0.1, -0.05) is 60.7 Å². The lowest BCUT2D eigenvalue weighted by Crippen LogP contribution is -2.38. The Morgan fingerprint density at radius 3 is 2.37 bits per heavy atom. The van der Waals surface area contributed by atoms with Crippen molar-refractivity contribution >= 4 is 5.96 Å². The topological polar surface area (TPSA) is 54.2 Å². The van der Waals surface area contributed by atoms with Gasteiger partial charge in [-0.15, -0.1) is 0 Å². The number of nitrogens with zero attached hydrogens (tertiary/aromatic N) is 3. The molecule has 0 aliphatic carbocycles. The zero-order chi connectivity index (χ0) is 18.7. The van der Waals surface area contributed by atoms with E-state index in [4.69, 9.17) is 0 Å². The van der Waals surface area contributed by atoms with Crippen LogP contribution in [-0.4, -0.2) is 29.1 Å². The molecule has 0 fully saturated rings. The second kappa shape index (κ2) is 10.2. The number of nitrogens with one attached hydrogen (secondary N) is 2. The third-order valence-corrected chi connectivity index (χ3v) is 4.41. The van der Waals surface area contributed by atoms with Crippen LogP contribution in [0.4, 0.5) is 0 Å². The molecule has 1 heterocycles. The van der Waals surface area contributed by atoms with Crippen molar-refractivity contribution in [1.82, 2.24) is 20.2 Å². The van der Waals surface area contributed by atoms with E-state index in [0.29, 0.717) is 6.54 Å². The second-order valence-electron chi connectivity index (χ2n) is 6.40. The number of imidazole rings is 1.